The number of aryl methyl sites for hydroxylation is 1. The Morgan fingerprint density at radius 1 is 1.19 bits per heavy atom. The van der Waals surface area contributed by atoms with E-state index < -0.39 is 16.4 Å². The highest BCUT2D eigenvalue weighted by Crippen LogP contribution is 2.33. The van der Waals surface area contributed by atoms with Crippen molar-refractivity contribution in [3.63, 3.8) is 0 Å². The molecule has 110 valence electrons. The van der Waals surface area contributed by atoms with Crippen LogP contribution in [-0.4, -0.2) is 12.0 Å². The van der Waals surface area contributed by atoms with Crippen LogP contribution in [0.2, 0.25) is 0 Å². The number of methoxy groups -OCH3 is 1. The molecule has 0 radical (unpaired) electrons. The molecule has 0 heterocycles. The maximum atomic E-state index is 13.6. The molecule has 6 heteroatoms. The molecular formula is C15H14FNO4. The molecule has 0 aliphatic rings. The van der Waals surface area contributed by atoms with Crippen LogP contribution in [0.15, 0.2) is 36.4 Å². The highest BCUT2D eigenvalue weighted by molar-refractivity contribution is 5.46. The van der Waals surface area contributed by atoms with Gasteiger partial charge in [0.2, 0.25) is 5.82 Å². The second-order valence-corrected chi connectivity index (χ2v) is 4.31. The van der Waals surface area contributed by atoms with Crippen molar-refractivity contribution in [2.24, 2.45) is 0 Å². The minimum absolute atomic E-state index is 0.167. The molecule has 2 aromatic carbocycles. The number of hydrogen-bond donors (Lipinski definition) is 0. The fourth-order valence-electron chi connectivity index (χ4n) is 1.84. The first-order valence-corrected chi connectivity index (χ1v) is 6.34. The number of hydrogen-bond acceptors (Lipinski definition) is 4. The molecule has 0 amide bonds. The zero-order valence-electron chi connectivity index (χ0n) is 11.6. The van der Waals surface area contributed by atoms with E-state index in [-0.39, 0.29) is 5.75 Å². The lowest BCUT2D eigenvalue weighted by atomic mass is 10.1. The topological polar surface area (TPSA) is 61.6 Å². The normalized spacial score (nSPS) is 10.2. The number of rotatable bonds is 5. The van der Waals surface area contributed by atoms with Crippen LogP contribution >= 0.6 is 0 Å². The van der Waals surface area contributed by atoms with Gasteiger partial charge in [0, 0.05) is 12.1 Å². The van der Waals surface area contributed by atoms with Gasteiger partial charge in [0.25, 0.3) is 0 Å². The van der Waals surface area contributed by atoms with E-state index >= 15 is 0 Å². The standard InChI is InChI=1S/C15H14FNO4/c1-3-10-4-7-14(15(8-10)20-2)21-11-5-6-13(17(18)19)12(16)9-11/h4-9H,3H2,1-2H3. The SMILES string of the molecule is CCc1ccc(Oc2ccc([N+](=O)[O-])c(F)c2)c(OC)c1. The molecule has 0 aliphatic heterocycles. The Bertz CT molecular complexity index is 673. The van der Waals surface area contributed by atoms with E-state index in [4.69, 9.17) is 9.47 Å². The summed E-state index contributed by atoms with van der Waals surface area (Å²) >= 11 is 0. The molecule has 0 bridgehead atoms. The molecule has 0 spiro atoms. The molecule has 2 aromatic rings. The van der Waals surface area contributed by atoms with Gasteiger partial charge in [-0.2, -0.15) is 4.39 Å². The monoisotopic (exact) mass is 291 g/mol. The lowest BCUT2D eigenvalue weighted by molar-refractivity contribution is -0.387. The largest absolute Gasteiger partial charge is 0.493 e. The van der Waals surface area contributed by atoms with Gasteiger partial charge in [0.05, 0.1) is 12.0 Å². The second kappa shape index (κ2) is 6.21. The summed E-state index contributed by atoms with van der Waals surface area (Å²) in [7, 11) is 1.51. The van der Waals surface area contributed by atoms with Crippen molar-refractivity contribution < 1.29 is 18.8 Å². The van der Waals surface area contributed by atoms with Crippen LogP contribution in [0.4, 0.5) is 10.1 Å². The first kappa shape index (κ1) is 14.8. The molecule has 21 heavy (non-hydrogen) atoms. The number of nitro groups is 1. The van der Waals surface area contributed by atoms with Crippen LogP contribution < -0.4 is 9.47 Å². The van der Waals surface area contributed by atoms with Gasteiger partial charge in [-0.25, -0.2) is 0 Å². The average Bonchev–Trinajstić information content (AvgIpc) is 2.47. The molecule has 2 rings (SSSR count). The third-order valence-electron chi connectivity index (χ3n) is 2.98. The Balaban J connectivity index is 2.30. The number of ether oxygens (including phenoxy) is 2. The smallest absolute Gasteiger partial charge is 0.305 e. The molecule has 0 N–H and O–H groups in total. The predicted molar refractivity (Wildman–Crippen MR) is 75.5 cm³/mol. The Morgan fingerprint density at radius 2 is 1.95 bits per heavy atom. The third-order valence-corrected chi connectivity index (χ3v) is 2.98. The summed E-state index contributed by atoms with van der Waals surface area (Å²) in [5.41, 5.74) is 0.490. The van der Waals surface area contributed by atoms with E-state index in [0.717, 1.165) is 24.1 Å². The summed E-state index contributed by atoms with van der Waals surface area (Å²) < 4.78 is 24.3. The van der Waals surface area contributed by atoms with Crippen LogP contribution in [0.3, 0.4) is 0 Å². The van der Waals surface area contributed by atoms with Gasteiger partial charge in [0.1, 0.15) is 5.75 Å². The van der Waals surface area contributed by atoms with E-state index in [0.29, 0.717) is 11.5 Å². The Labute approximate surface area is 121 Å². The van der Waals surface area contributed by atoms with Crippen molar-refractivity contribution in [2.75, 3.05) is 7.11 Å². The van der Waals surface area contributed by atoms with Gasteiger partial charge in [-0.1, -0.05) is 13.0 Å². The maximum Gasteiger partial charge on any atom is 0.305 e. The summed E-state index contributed by atoms with van der Waals surface area (Å²) in [4.78, 5) is 9.79. The summed E-state index contributed by atoms with van der Waals surface area (Å²) in [6.07, 6.45) is 0.850. The summed E-state index contributed by atoms with van der Waals surface area (Å²) in [6, 6.07) is 8.81. The lowest BCUT2D eigenvalue weighted by Crippen LogP contribution is -1.95. The Kier molecular flexibility index (Phi) is 4.37. The van der Waals surface area contributed by atoms with E-state index in [1.54, 1.807) is 6.07 Å². The van der Waals surface area contributed by atoms with Crippen molar-refractivity contribution >= 4 is 5.69 Å². The zero-order chi connectivity index (χ0) is 15.4. The van der Waals surface area contributed by atoms with Gasteiger partial charge in [-0.15, -0.1) is 0 Å². The zero-order valence-corrected chi connectivity index (χ0v) is 11.6. The molecular weight excluding hydrogens is 277 g/mol. The summed E-state index contributed by atoms with van der Waals surface area (Å²) in [5.74, 6) is 0.165. The van der Waals surface area contributed by atoms with Crippen molar-refractivity contribution in [3.05, 3.63) is 57.9 Å². The van der Waals surface area contributed by atoms with Crippen molar-refractivity contribution in [3.8, 4) is 17.2 Å². The summed E-state index contributed by atoms with van der Waals surface area (Å²) in [6.45, 7) is 2.01. The molecule has 0 saturated carbocycles. The second-order valence-electron chi connectivity index (χ2n) is 4.31. The molecule has 0 atom stereocenters. The number of benzene rings is 2. The highest BCUT2D eigenvalue weighted by Gasteiger charge is 2.15. The Morgan fingerprint density at radius 3 is 2.52 bits per heavy atom. The minimum atomic E-state index is -0.943. The molecule has 0 saturated heterocycles. The van der Waals surface area contributed by atoms with Gasteiger partial charge in [-0.3, -0.25) is 10.1 Å². The fourth-order valence-corrected chi connectivity index (χ4v) is 1.84. The third kappa shape index (κ3) is 3.28. The number of halogens is 1. The van der Waals surface area contributed by atoms with Crippen LogP contribution in [0.25, 0.3) is 0 Å². The first-order valence-electron chi connectivity index (χ1n) is 6.34. The molecule has 0 aliphatic carbocycles. The maximum absolute atomic E-state index is 13.6. The summed E-state index contributed by atoms with van der Waals surface area (Å²) in [5, 5.41) is 10.6. The molecule has 5 nitrogen and oxygen atoms in total. The number of nitro benzene ring substituents is 1. The molecule has 0 unspecified atom stereocenters. The van der Waals surface area contributed by atoms with Crippen LogP contribution in [0, 0.1) is 15.9 Å². The van der Waals surface area contributed by atoms with E-state index in [2.05, 4.69) is 0 Å². The van der Waals surface area contributed by atoms with Crippen molar-refractivity contribution in [2.45, 2.75) is 13.3 Å². The van der Waals surface area contributed by atoms with E-state index in [1.165, 1.54) is 13.2 Å². The number of nitrogens with zero attached hydrogens (tertiary/aromatic N) is 1. The predicted octanol–water partition coefficient (Wildman–Crippen LogP) is 4.10. The van der Waals surface area contributed by atoms with Gasteiger partial charge < -0.3 is 9.47 Å². The van der Waals surface area contributed by atoms with Crippen molar-refractivity contribution in [1.82, 2.24) is 0 Å². The lowest BCUT2D eigenvalue weighted by Gasteiger charge is -2.11. The molecule has 0 fully saturated rings. The van der Waals surface area contributed by atoms with Crippen LogP contribution in [0.5, 0.6) is 17.2 Å². The molecule has 0 aromatic heterocycles. The quantitative estimate of drug-likeness (QED) is 0.614. The van der Waals surface area contributed by atoms with Crippen LogP contribution in [0.1, 0.15) is 12.5 Å². The van der Waals surface area contributed by atoms with Gasteiger partial charge in [-0.05, 0) is 30.2 Å². The fraction of sp³-hybridized carbons (Fsp3) is 0.200. The van der Waals surface area contributed by atoms with Crippen molar-refractivity contribution in [1.29, 1.82) is 0 Å². The van der Waals surface area contributed by atoms with Gasteiger partial charge >= 0.3 is 5.69 Å². The van der Waals surface area contributed by atoms with Gasteiger partial charge in [0.15, 0.2) is 11.5 Å². The highest BCUT2D eigenvalue weighted by atomic mass is 19.1. The first-order chi connectivity index (χ1) is 10.0. The minimum Gasteiger partial charge on any atom is -0.493 e. The average molecular weight is 291 g/mol. The van der Waals surface area contributed by atoms with Crippen LogP contribution in [-0.2, 0) is 6.42 Å². The van der Waals surface area contributed by atoms with E-state index in [9.17, 15) is 14.5 Å². The Hall–Kier alpha value is -2.63. The van der Waals surface area contributed by atoms with E-state index in [1.807, 2.05) is 19.1 Å².